The van der Waals surface area contributed by atoms with Crippen molar-refractivity contribution in [1.29, 1.82) is 0 Å². The summed E-state index contributed by atoms with van der Waals surface area (Å²) in [4.78, 5) is 5.56. The molecule has 1 aromatic carbocycles. The maximum atomic E-state index is 5.59. The van der Waals surface area contributed by atoms with Crippen LogP contribution in [0.5, 0.6) is 11.5 Å². The molecule has 7 heteroatoms. The number of hydrogen-bond donors (Lipinski definition) is 1. The summed E-state index contributed by atoms with van der Waals surface area (Å²) in [5.41, 5.74) is 4.86. The molecule has 0 spiro atoms. The predicted molar refractivity (Wildman–Crippen MR) is 94.7 cm³/mol. The van der Waals surface area contributed by atoms with E-state index in [2.05, 4.69) is 31.4 Å². The zero-order chi connectivity index (χ0) is 16.1. The van der Waals surface area contributed by atoms with E-state index >= 15 is 0 Å². The number of hydrazone groups is 1. The van der Waals surface area contributed by atoms with E-state index in [4.69, 9.17) is 9.47 Å². The van der Waals surface area contributed by atoms with Crippen LogP contribution in [0.1, 0.15) is 23.1 Å². The molecule has 2 aromatic rings. The number of hydrogen-bond acceptors (Lipinski definition) is 6. The standard InChI is InChI=1S/C15H18BrN3O2S/c1-5-21-13-7-11(6-12(16)14(13)20-4)8-17-19-15-18-9(2)10(3)22-15/h6-8H,5H2,1-4H3,(H,18,19)/b17-8-. The Morgan fingerprint density at radius 2 is 2.18 bits per heavy atom. The lowest BCUT2D eigenvalue weighted by molar-refractivity contribution is 0.310. The van der Waals surface area contributed by atoms with Crippen molar-refractivity contribution < 1.29 is 9.47 Å². The average molecular weight is 384 g/mol. The lowest BCUT2D eigenvalue weighted by Gasteiger charge is -2.11. The van der Waals surface area contributed by atoms with Crippen molar-refractivity contribution in [2.45, 2.75) is 20.8 Å². The smallest absolute Gasteiger partial charge is 0.203 e. The highest BCUT2D eigenvalue weighted by molar-refractivity contribution is 9.10. The van der Waals surface area contributed by atoms with Gasteiger partial charge in [0.05, 0.1) is 30.1 Å². The van der Waals surface area contributed by atoms with Crippen LogP contribution in [0.15, 0.2) is 21.7 Å². The first-order valence-electron chi connectivity index (χ1n) is 6.78. The summed E-state index contributed by atoms with van der Waals surface area (Å²) in [6.45, 7) is 6.52. The Morgan fingerprint density at radius 1 is 1.41 bits per heavy atom. The number of thiazole rings is 1. The fourth-order valence-corrected chi connectivity index (χ4v) is 3.19. The zero-order valence-corrected chi connectivity index (χ0v) is 15.3. The molecule has 1 heterocycles. The Hall–Kier alpha value is -1.60. The number of rotatable bonds is 6. The number of anilines is 1. The van der Waals surface area contributed by atoms with E-state index in [0.29, 0.717) is 18.1 Å². The Labute approximate surface area is 142 Å². The van der Waals surface area contributed by atoms with Gasteiger partial charge >= 0.3 is 0 Å². The van der Waals surface area contributed by atoms with Crippen LogP contribution >= 0.6 is 27.3 Å². The van der Waals surface area contributed by atoms with Gasteiger partial charge in [0.1, 0.15) is 0 Å². The average Bonchev–Trinajstić information content (AvgIpc) is 2.78. The van der Waals surface area contributed by atoms with Gasteiger partial charge in [0.2, 0.25) is 5.13 Å². The van der Waals surface area contributed by atoms with Crippen molar-refractivity contribution in [3.05, 3.63) is 32.7 Å². The van der Waals surface area contributed by atoms with E-state index in [0.717, 1.165) is 20.9 Å². The third-order valence-electron chi connectivity index (χ3n) is 2.94. The second-order valence-corrected chi connectivity index (χ2v) is 6.56. The van der Waals surface area contributed by atoms with Gasteiger partial charge in [-0.2, -0.15) is 5.10 Å². The summed E-state index contributed by atoms with van der Waals surface area (Å²) in [6.07, 6.45) is 1.72. The molecule has 0 amide bonds. The molecule has 1 aromatic heterocycles. The summed E-state index contributed by atoms with van der Waals surface area (Å²) in [6, 6.07) is 3.81. The fraction of sp³-hybridized carbons (Fsp3) is 0.333. The summed E-state index contributed by atoms with van der Waals surface area (Å²) in [7, 11) is 1.62. The molecule has 1 N–H and O–H groups in total. The van der Waals surface area contributed by atoms with Gasteiger partial charge in [-0.3, -0.25) is 5.43 Å². The molecular weight excluding hydrogens is 366 g/mol. The third kappa shape index (κ3) is 3.98. The number of halogens is 1. The van der Waals surface area contributed by atoms with Crippen molar-refractivity contribution in [2.75, 3.05) is 19.1 Å². The molecule has 0 atom stereocenters. The number of nitrogens with one attached hydrogen (secondary N) is 1. The minimum atomic E-state index is 0.569. The summed E-state index contributed by atoms with van der Waals surface area (Å²) in [5, 5.41) is 5.00. The number of aryl methyl sites for hydroxylation is 2. The zero-order valence-electron chi connectivity index (χ0n) is 12.9. The van der Waals surface area contributed by atoms with Gasteiger partial charge < -0.3 is 9.47 Å². The second kappa shape index (κ2) is 7.60. The highest BCUT2D eigenvalue weighted by Gasteiger charge is 2.10. The van der Waals surface area contributed by atoms with Gasteiger partial charge in [-0.15, -0.1) is 11.3 Å². The summed E-state index contributed by atoms with van der Waals surface area (Å²) in [5.74, 6) is 1.36. The number of benzene rings is 1. The van der Waals surface area contributed by atoms with E-state index < -0.39 is 0 Å². The summed E-state index contributed by atoms with van der Waals surface area (Å²) >= 11 is 5.06. The number of methoxy groups -OCH3 is 1. The van der Waals surface area contributed by atoms with Crippen molar-refractivity contribution >= 4 is 38.6 Å². The molecule has 0 bridgehead atoms. The normalized spacial score (nSPS) is 11.0. The second-order valence-electron chi connectivity index (χ2n) is 4.50. The van der Waals surface area contributed by atoms with Crippen LogP contribution < -0.4 is 14.9 Å². The molecule has 0 saturated carbocycles. The molecule has 0 fully saturated rings. The number of ether oxygens (including phenoxy) is 2. The SMILES string of the molecule is CCOc1cc(/C=N\Nc2nc(C)c(C)s2)cc(Br)c1OC. The molecule has 0 radical (unpaired) electrons. The van der Waals surface area contributed by atoms with Crippen LogP contribution in [0.25, 0.3) is 0 Å². The quantitative estimate of drug-likeness (QED) is 0.593. The highest BCUT2D eigenvalue weighted by Crippen LogP contribution is 2.36. The van der Waals surface area contributed by atoms with Crippen molar-refractivity contribution in [1.82, 2.24) is 4.98 Å². The summed E-state index contributed by atoms with van der Waals surface area (Å²) < 4.78 is 11.7. The number of nitrogens with zero attached hydrogens (tertiary/aromatic N) is 2. The Bertz CT molecular complexity index is 666. The van der Waals surface area contributed by atoms with Crippen molar-refractivity contribution in [2.24, 2.45) is 5.10 Å². The van der Waals surface area contributed by atoms with Crippen LogP contribution in [0.3, 0.4) is 0 Å². The maximum absolute atomic E-state index is 5.59. The minimum absolute atomic E-state index is 0.569. The van der Waals surface area contributed by atoms with Crippen LogP contribution in [-0.4, -0.2) is 24.9 Å². The van der Waals surface area contributed by atoms with Gasteiger partial charge in [0.25, 0.3) is 0 Å². The van der Waals surface area contributed by atoms with Crippen LogP contribution in [0, 0.1) is 13.8 Å². The maximum Gasteiger partial charge on any atom is 0.203 e. The molecule has 2 rings (SSSR count). The van der Waals surface area contributed by atoms with Gasteiger partial charge in [-0.1, -0.05) is 0 Å². The first kappa shape index (κ1) is 16.8. The van der Waals surface area contributed by atoms with E-state index in [1.54, 1.807) is 24.7 Å². The molecule has 5 nitrogen and oxygen atoms in total. The van der Waals surface area contributed by atoms with Crippen LogP contribution in [-0.2, 0) is 0 Å². The molecule has 0 aliphatic heterocycles. The highest BCUT2D eigenvalue weighted by atomic mass is 79.9. The molecule has 118 valence electrons. The molecule has 22 heavy (non-hydrogen) atoms. The van der Waals surface area contributed by atoms with Gasteiger partial charge in [-0.05, 0) is 54.4 Å². The first-order valence-corrected chi connectivity index (χ1v) is 8.39. The van der Waals surface area contributed by atoms with Gasteiger partial charge in [-0.25, -0.2) is 4.98 Å². The number of aromatic nitrogens is 1. The molecule has 0 saturated heterocycles. The van der Waals surface area contributed by atoms with E-state index in [9.17, 15) is 0 Å². The molecule has 0 aliphatic rings. The monoisotopic (exact) mass is 383 g/mol. The predicted octanol–water partition coefficient (Wildman–Crippen LogP) is 4.38. The Kier molecular flexibility index (Phi) is 5.79. The molecule has 0 unspecified atom stereocenters. The Balaban J connectivity index is 2.16. The van der Waals surface area contributed by atoms with E-state index in [-0.39, 0.29) is 0 Å². The molecule has 0 aliphatic carbocycles. The topological polar surface area (TPSA) is 55.7 Å². The van der Waals surface area contributed by atoms with Gasteiger partial charge in [0, 0.05) is 4.88 Å². The van der Waals surface area contributed by atoms with Gasteiger partial charge in [0.15, 0.2) is 11.5 Å². The van der Waals surface area contributed by atoms with Crippen molar-refractivity contribution in [3.8, 4) is 11.5 Å². The largest absolute Gasteiger partial charge is 0.492 e. The van der Waals surface area contributed by atoms with E-state index in [1.807, 2.05) is 32.9 Å². The van der Waals surface area contributed by atoms with Crippen molar-refractivity contribution in [3.63, 3.8) is 0 Å². The third-order valence-corrected chi connectivity index (χ3v) is 4.50. The first-order chi connectivity index (χ1) is 10.5. The lowest BCUT2D eigenvalue weighted by Crippen LogP contribution is -1.98. The lowest BCUT2D eigenvalue weighted by atomic mass is 10.2. The van der Waals surface area contributed by atoms with Crippen LogP contribution in [0.2, 0.25) is 0 Å². The minimum Gasteiger partial charge on any atom is -0.492 e. The molecular formula is C15H18BrN3O2S. The van der Waals surface area contributed by atoms with Crippen LogP contribution in [0.4, 0.5) is 5.13 Å². The van der Waals surface area contributed by atoms with E-state index in [1.165, 1.54) is 4.88 Å². The Morgan fingerprint density at radius 3 is 2.77 bits per heavy atom. The fourth-order valence-electron chi connectivity index (χ4n) is 1.81.